The van der Waals surface area contributed by atoms with Crippen molar-refractivity contribution in [2.75, 3.05) is 13.2 Å². The Morgan fingerprint density at radius 3 is 3.00 bits per heavy atom. The molecule has 1 heterocycles. The summed E-state index contributed by atoms with van der Waals surface area (Å²) in [5.41, 5.74) is 1.84. The monoisotopic (exact) mass is 247 g/mol. The minimum atomic E-state index is -0.400. The van der Waals surface area contributed by atoms with Crippen molar-refractivity contribution in [2.24, 2.45) is 0 Å². The van der Waals surface area contributed by atoms with E-state index in [4.69, 9.17) is 9.47 Å². The maximum absolute atomic E-state index is 11.5. The van der Waals surface area contributed by atoms with Gasteiger partial charge in [0.1, 0.15) is 12.4 Å². The molecule has 0 bridgehead atoms. The molecular weight excluding hydrogens is 234 g/mol. The van der Waals surface area contributed by atoms with Crippen molar-refractivity contribution in [3.8, 4) is 5.75 Å². The third-order valence-electron chi connectivity index (χ3n) is 3.18. The van der Waals surface area contributed by atoms with E-state index in [1.165, 1.54) is 0 Å². The van der Waals surface area contributed by atoms with Crippen molar-refractivity contribution in [1.82, 2.24) is 5.32 Å². The summed E-state index contributed by atoms with van der Waals surface area (Å²) in [6, 6.07) is 5.48. The Balaban J connectivity index is 1.64. The highest BCUT2D eigenvalue weighted by Gasteiger charge is 2.23. The number of hydrogen-bond acceptors (Lipinski definition) is 4. The average molecular weight is 247 g/mol. The molecule has 1 aromatic carbocycles. The van der Waals surface area contributed by atoms with Gasteiger partial charge in [-0.2, -0.15) is 0 Å². The lowest BCUT2D eigenvalue weighted by molar-refractivity contribution is 0.0993. The number of carbonyl (C=O) groups is 2. The van der Waals surface area contributed by atoms with Gasteiger partial charge in [0.05, 0.1) is 6.54 Å². The van der Waals surface area contributed by atoms with E-state index in [-0.39, 0.29) is 11.9 Å². The molecule has 0 saturated carbocycles. The molecule has 1 amide bonds. The minimum absolute atomic E-state index is 0.200. The van der Waals surface area contributed by atoms with Crippen LogP contribution in [0.25, 0.3) is 0 Å². The molecule has 1 N–H and O–H groups in total. The Morgan fingerprint density at radius 2 is 2.22 bits per heavy atom. The minimum Gasteiger partial charge on any atom is -0.490 e. The molecule has 1 saturated heterocycles. The van der Waals surface area contributed by atoms with Crippen molar-refractivity contribution in [1.29, 1.82) is 0 Å². The summed E-state index contributed by atoms with van der Waals surface area (Å²) < 4.78 is 10.5. The Morgan fingerprint density at radius 1 is 1.33 bits per heavy atom. The van der Waals surface area contributed by atoms with Crippen LogP contribution in [0.1, 0.15) is 22.3 Å². The van der Waals surface area contributed by atoms with E-state index < -0.39 is 6.09 Å². The highest BCUT2D eigenvalue weighted by Crippen LogP contribution is 2.26. The number of benzene rings is 1. The number of ether oxygens (including phenoxy) is 2. The number of hydrogen-bond donors (Lipinski definition) is 1. The molecule has 1 aliphatic heterocycles. The lowest BCUT2D eigenvalue weighted by Gasteiger charge is -2.11. The summed E-state index contributed by atoms with van der Waals surface area (Å²) in [5.74, 6) is 0.914. The highest BCUT2D eigenvalue weighted by molar-refractivity contribution is 6.00. The van der Waals surface area contributed by atoms with Gasteiger partial charge in [0.2, 0.25) is 0 Å². The Hall–Kier alpha value is -2.04. The first-order chi connectivity index (χ1) is 8.72. The molecule has 18 heavy (non-hydrogen) atoms. The first-order valence-electron chi connectivity index (χ1n) is 5.96. The van der Waals surface area contributed by atoms with Crippen LogP contribution in [0.15, 0.2) is 18.2 Å². The van der Waals surface area contributed by atoms with Gasteiger partial charge in [-0.1, -0.05) is 0 Å². The fourth-order valence-electron chi connectivity index (χ4n) is 2.24. The number of aryl methyl sites for hydroxylation is 1. The van der Waals surface area contributed by atoms with Gasteiger partial charge in [-0.05, 0) is 30.2 Å². The molecule has 3 rings (SSSR count). The van der Waals surface area contributed by atoms with E-state index >= 15 is 0 Å². The van der Waals surface area contributed by atoms with Gasteiger partial charge in [0.25, 0.3) is 0 Å². The third kappa shape index (κ3) is 2.03. The van der Waals surface area contributed by atoms with Crippen LogP contribution < -0.4 is 10.1 Å². The van der Waals surface area contributed by atoms with Gasteiger partial charge in [-0.25, -0.2) is 4.79 Å². The molecular formula is C13H13NO4. The summed E-state index contributed by atoms with van der Waals surface area (Å²) in [5, 5.41) is 2.57. The molecule has 0 spiro atoms. The average Bonchev–Trinajstić information content (AvgIpc) is 2.94. The van der Waals surface area contributed by atoms with Gasteiger partial charge in [-0.15, -0.1) is 0 Å². The summed E-state index contributed by atoms with van der Waals surface area (Å²) in [4.78, 5) is 22.3. The van der Waals surface area contributed by atoms with Crippen LogP contribution in [0.3, 0.4) is 0 Å². The number of carbonyl (C=O) groups excluding carboxylic acids is 2. The predicted molar refractivity (Wildman–Crippen MR) is 62.9 cm³/mol. The predicted octanol–water partition coefficient (Wildman–Crippen LogP) is 1.30. The second kappa shape index (κ2) is 4.33. The topological polar surface area (TPSA) is 64.6 Å². The molecule has 1 atom stereocenters. The fourth-order valence-corrected chi connectivity index (χ4v) is 2.24. The molecule has 0 aromatic heterocycles. The van der Waals surface area contributed by atoms with Gasteiger partial charge in [0.15, 0.2) is 11.9 Å². The van der Waals surface area contributed by atoms with Crippen LogP contribution in [-0.2, 0) is 11.2 Å². The molecule has 5 heteroatoms. The van der Waals surface area contributed by atoms with Gasteiger partial charge in [-0.3, -0.25) is 4.79 Å². The number of cyclic esters (lactones) is 1. The van der Waals surface area contributed by atoms with E-state index in [1.807, 2.05) is 6.07 Å². The number of fused-ring (bicyclic) bond motifs is 1. The molecule has 1 fully saturated rings. The van der Waals surface area contributed by atoms with Crippen molar-refractivity contribution in [3.05, 3.63) is 29.3 Å². The standard InChI is InChI=1S/C13H13NO4/c15-12-4-1-8-5-9(2-3-11(8)12)17-7-10-6-14-13(16)18-10/h2-3,5,10H,1,4,6-7H2,(H,14,16). The molecule has 1 aliphatic carbocycles. The lowest BCUT2D eigenvalue weighted by atomic mass is 10.1. The smallest absolute Gasteiger partial charge is 0.407 e. The largest absolute Gasteiger partial charge is 0.490 e. The van der Waals surface area contributed by atoms with Crippen LogP contribution in [0.2, 0.25) is 0 Å². The van der Waals surface area contributed by atoms with E-state index in [0.29, 0.717) is 25.3 Å². The molecule has 1 aromatic rings. The first-order valence-corrected chi connectivity index (χ1v) is 5.96. The van der Waals surface area contributed by atoms with Crippen molar-refractivity contribution in [3.63, 3.8) is 0 Å². The molecule has 1 unspecified atom stereocenters. The second-order valence-electron chi connectivity index (χ2n) is 4.46. The van der Waals surface area contributed by atoms with E-state index in [0.717, 1.165) is 17.5 Å². The fraction of sp³-hybridized carbons (Fsp3) is 0.385. The zero-order chi connectivity index (χ0) is 12.5. The summed E-state index contributed by atoms with van der Waals surface area (Å²) >= 11 is 0. The number of nitrogens with one attached hydrogen (secondary N) is 1. The summed E-state index contributed by atoms with van der Waals surface area (Å²) in [6.45, 7) is 0.799. The Labute approximate surface area is 104 Å². The van der Waals surface area contributed by atoms with Crippen LogP contribution in [0.4, 0.5) is 4.79 Å². The maximum atomic E-state index is 11.5. The van der Waals surface area contributed by atoms with E-state index in [9.17, 15) is 9.59 Å². The number of ketones is 1. The number of amides is 1. The van der Waals surface area contributed by atoms with Crippen LogP contribution in [-0.4, -0.2) is 31.1 Å². The third-order valence-corrected chi connectivity index (χ3v) is 3.18. The van der Waals surface area contributed by atoms with Crippen molar-refractivity contribution >= 4 is 11.9 Å². The van der Waals surface area contributed by atoms with Crippen LogP contribution >= 0.6 is 0 Å². The molecule has 2 aliphatic rings. The molecule has 94 valence electrons. The van der Waals surface area contributed by atoms with Gasteiger partial charge >= 0.3 is 6.09 Å². The maximum Gasteiger partial charge on any atom is 0.407 e. The highest BCUT2D eigenvalue weighted by atomic mass is 16.6. The van der Waals surface area contributed by atoms with E-state index in [1.54, 1.807) is 12.1 Å². The first kappa shape index (κ1) is 11.1. The Bertz CT molecular complexity index is 512. The zero-order valence-corrected chi connectivity index (χ0v) is 9.77. The van der Waals surface area contributed by atoms with Crippen LogP contribution in [0, 0.1) is 0 Å². The zero-order valence-electron chi connectivity index (χ0n) is 9.77. The van der Waals surface area contributed by atoms with Crippen molar-refractivity contribution in [2.45, 2.75) is 18.9 Å². The van der Waals surface area contributed by atoms with Gasteiger partial charge < -0.3 is 14.8 Å². The number of Topliss-reactive ketones (excluding diaryl/α,β-unsaturated/α-hetero) is 1. The molecule has 5 nitrogen and oxygen atoms in total. The number of rotatable bonds is 3. The Kier molecular flexibility index (Phi) is 2.66. The van der Waals surface area contributed by atoms with E-state index in [2.05, 4.69) is 5.32 Å². The second-order valence-corrected chi connectivity index (χ2v) is 4.46. The van der Waals surface area contributed by atoms with Crippen LogP contribution in [0.5, 0.6) is 5.75 Å². The summed E-state index contributed by atoms with van der Waals surface area (Å²) in [6.07, 6.45) is 0.726. The molecule has 0 radical (unpaired) electrons. The number of alkyl carbamates (subject to hydrolysis) is 1. The van der Waals surface area contributed by atoms with Crippen molar-refractivity contribution < 1.29 is 19.1 Å². The SMILES string of the molecule is O=C1NCC(COc2ccc3c(c2)CCC3=O)O1. The van der Waals surface area contributed by atoms with Gasteiger partial charge in [0, 0.05) is 12.0 Å². The lowest BCUT2D eigenvalue weighted by Crippen LogP contribution is -2.21. The quantitative estimate of drug-likeness (QED) is 0.874. The summed E-state index contributed by atoms with van der Waals surface area (Å²) in [7, 11) is 0. The normalized spacial score (nSPS) is 21.4.